The predicted octanol–water partition coefficient (Wildman–Crippen LogP) is 6.75. The van der Waals surface area contributed by atoms with Gasteiger partial charge in [-0.2, -0.15) is 13.2 Å². The molecule has 3 aromatic rings. The van der Waals surface area contributed by atoms with E-state index < -0.39 is 11.7 Å². The summed E-state index contributed by atoms with van der Waals surface area (Å²) in [7, 11) is 1.85. The first-order valence-corrected chi connectivity index (χ1v) is 10.7. The number of hydrogen-bond donors (Lipinski definition) is 2. The standard InChI is InChI=1S/C27H29F3N2/c1-19-9-14-22(15-10-19)25(18-13-21-11-16-24(17-12-21)27(28,29)30)32-26(20(2)31-3)23-7-5-4-6-8-23/h4-12,14-17,25-26,31-32H,2,13,18H2,1,3H3. The van der Waals surface area contributed by atoms with E-state index in [0.717, 1.165) is 40.9 Å². The molecule has 0 aliphatic carbocycles. The van der Waals surface area contributed by atoms with Crippen molar-refractivity contribution >= 4 is 0 Å². The molecule has 32 heavy (non-hydrogen) atoms. The van der Waals surface area contributed by atoms with Gasteiger partial charge in [0, 0.05) is 18.8 Å². The minimum atomic E-state index is -4.32. The van der Waals surface area contributed by atoms with Crippen molar-refractivity contribution in [1.29, 1.82) is 0 Å². The largest absolute Gasteiger partial charge is 0.416 e. The highest BCUT2D eigenvalue weighted by molar-refractivity contribution is 5.30. The van der Waals surface area contributed by atoms with E-state index in [0.29, 0.717) is 6.42 Å². The zero-order valence-corrected chi connectivity index (χ0v) is 18.4. The lowest BCUT2D eigenvalue weighted by Gasteiger charge is -2.28. The average Bonchev–Trinajstić information content (AvgIpc) is 2.80. The molecule has 2 unspecified atom stereocenters. The number of hydrogen-bond acceptors (Lipinski definition) is 2. The van der Waals surface area contributed by atoms with Crippen molar-refractivity contribution in [3.05, 3.63) is 119 Å². The van der Waals surface area contributed by atoms with Crippen LogP contribution in [0.4, 0.5) is 13.2 Å². The maximum atomic E-state index is 12.9. The second kappa shape index (κ2) is 10.5. The maximum absolute atomic E-state index is 12.9. The molecule has 5 heteroatoms. The lowest BCUT2D eigenvalue weighted by atomic mass is 9.95. The third-order valence-electron chi connectivity index (χ3n) is 5.65. The maximum Gasteiger partial charge on any atom is 0.416 e. The second-order valence-corrected chi connectivity index (χ2v) is 7.98. The Morgan fingerprint density at radius 3 is 2.06 bits per heavy atom. The quantitative estimate of drug-likeness (QED) is 0.386. The van der Waals surface area contributed by atoms with Gasteiger partial charge in [-0.05, 0) is 48.6 Å². The second-order valence-electron chi connectivity index (χ2n) is 7.98. The van der Waals surface area contributed by atoms with Crippen LogP contribution in [0.3, 0.4) is 0 Å². The molecule has 2 atom stereocenters. The summed E-state index contributed by atoms with van der Waals surface area (Å²) in [6.45, 7) is 6.23. The van der Waals surface area contributed by atoms with Gasteiger partial charge in [-0.25, -0.2) is 0 Å². The van der Waals surface area contributed by atoms with Crippen molar-refractivity contribution in [1.82, 2.24) is 10.6 Å². The van der Waals surface area contributed by atoms with Crippen molar-refractivity contribution in [3.8, 4) is 0 Å². The van der Waals surface area contributed by atoms with Crippen LogP contribution in [0.25, 0.3) is 0 Å². The number of halogens is 3. The molecule has 2 N–H and O–H groups in total. The summed E-state index contributed by atoms with van der Waals surface area (Å²) in [5.74, 6) is 0. The summed E-state index contributed by atoms with van der Waals surface area (Å²) in [5, 5.41) is 6.88. The first-order valence-electron chi connectivity index (χ1n) is 10.7. The van der Waals surface area contributed by atoms with E-state index >= 15 is 0 Å². The van der Waals surface area contributed by atoms with E-state index in [4.69, 9.17) is 0 Å². The van der Waals surface area contributed by atoms with E-state index in [2.05, 4.69) is 53.6 Å². The first kappa shape index (κ1) is 23.6. The van der Waals surface area contributed by atoms with Crippen LogP contribution in [0.2, 0.25) is 0 Å². The molecule has 0 aromatic heterocycles. The molecular weight excluding hydrogens is 409 g/mol. The molecule has 2 nitrogen and oxygen atoms in total. The Bertz CT molecular complexity index is 994. The van der Waals surface area contributed by atoms with Crippen LogP contribution in [0, 0.1) is 6.92 Å². The molecule has 0 heterocycles. The molecule has 0 bridgehead atoms. The third kappa shape index (κ3) is 6.24. The molecule has 0 aliphatic rings. The summed E-state index contributed by atoms with van der Waals surface area (Å²) >= 11 is 0. The van der Waals surface area contributed by atoms with Crippen LogP contribution in [0.5, 0.6) is 0 Å². The van der Waals surface area contributed by atoms with Crippen LogP contribution in [-0.4, -0.2) is 7.05 Å². The Kier molecular flexibility index (Phi) is 7.75. The van der Waals surface area contributed by atoms with Crippen molar-refractivity contribution in [2.75, 3.05) is 7.05 Å². The molecule has 3 aromatic carbocycles. The smallest absolute Gasteiger partial charge is 0.390 e. The number of alkyl halides is 3. The van der Waals surface area contributed by atoms with E-state index in [1.807, 2.05) is 32.2 Å². The Morgan fingerprint density at radius 1 is 0.875 bits per heavy atom. The number of rotatable bonds is 9. The zero-order valence-electron chi connectivity index (χ0n) is 18.4. The summed E-state index contributed by atoms with van der Waals surface area (Å²) in [5.41, 5.74) is 4.51. The van der Waals surface area contributed by atoms with Crippen LogP contribution < -0.4 is 10.6 Å². The Hall–Kier alpha value is -3.05. The van der Waals surface area contributed by atoms with Crippen molar-refractivity contribution in [2.24, 2.45) is 0 Å². The zero-order chi connectivity index (χ0) is 23.1. The van der Waals surface area contributed by atoms with Gasteiger partial charge in [0.25, 0.3) is 0 Å². The lowest BCUT2D eigenvalue weighted by Crippen LogP contribution is -2.31. The van der Waals surface area contributed by atoms with Crippen molar-refractivity contribution < 1.29 is 13.2 Å². The minimum Gasteiger partial charge on any atom is -0.390 e. The van der Waals surface area contributed by atoms with Gasteiger partial charge in [-0.15, -0.1) is 0 Å². The van der Waals surface area contributed by atoms with E-state index in [-0.39, 0.29) is 12.1 Å². The van der Waals surface area contributed by atoms with Crippen molar-refractivity contribution in [2.45, 2.75) is 38.0 Å². The van der Waals surface area contributed by atoms with Gasteiger partial charge in [0.05, 0.1) is 11.6 Å². The highest BCUT2D eigenvalue weighted by Crippen LogP contribution is 2.30. The minimum absolute atomic E-state index is 0.00630. The van der Waals surface area contributed by atoms with Gasteiger partial charge in [0.2, 0.25) is 0 Å². The first-order chi connectivity index (χ1) is 15.3. The molecule has 0 fully saturated rings. The SMILES string of the molecule is C=C(NC)C(NC(CCc1ccc(C(F)(F)F)cc1)c1ccc(C)cc1)c1ccccc1. The van der Waals surface area contributed by atoms with E-state index in [1.165, 1.54) is 5.56 Å². The molecule has 0 radical (unpaired) electrons. The fourth-order valence-corrected chi connectivity index (χ4v) is 3.71. The van der Waals surface area contributed by atoms with Gasteiger partial charge in [-0.3, -0.25) is 5.32 Å². The van der Waals surface area contributed by atoms with Gasteiger partial charge in [0.1, 0.15) is 0 Å². The molecule has 0 saturated heterocycles. The van der Waals surface area contributed by atoms with Crippen LogP contribution >= 0.6 is 0 Å². The average molecular weight is 439 g/mol. The third-order valence-corrected chi connectivity index (χ3v) is 5.65. The van der Waals surface area contributed by atoms with Crippen LogP contribution in [0.15, 0.2) is 91.1 Å². The number of likely N-dealkylation sites (N-methyl/N-ethyl adjacent to an activating group) is 1. The number of benzene rings is 3. The van der Waals surface area contributed by atoms with Crippen LogP contribution in [0.1, 0.15) is 46.3 Å². The van der Waals surface area contributed by atoms with E-state index in [9.17, 15) is 13.2 Å². The van der Waals surface area contributed by atoms with E-state index in [1.54, 1.807) is 12.1 Å². The monoisotopic (exact) mass is 438 g/mol. The molecule has 0 aliphatic heterocycles. The van der Waals surface area contributed by atoms with Gasteiger partial charge in [-0.1, -0.05) is 78.9 Å². The van der Waals surface area contributed by atoms with Crippen molar-refractivity contribution in [3.63, 3.8) is 0 Å². The molecule has 0 saturated carbocycles. The molecule has 0 amide bonds. The number of nitrogens with one attached hydrogen (secondary N) is 2. The Labute approximate surface area is 188 Å². The summed E-state index contributed by atoms with van der Waals surface area (Å²) in [6, 6.07) is 23.8. The predicted molar refractivity (Wildman–Crippen MR) is 124 cm³/mol. The summed E-state index contributed by atoms with van der Waals surface area (Å²) < 4.78 is 38.6. The Balaban J connectivity index is 1.83. The fraction of sp³-hybridized carbons (Fsp3) is 0.259. The highest BCUT2D eigenvalue weighted by atomic mass is 19.4. The molecule has 0 spiro atoms. The van der Waals surface area contributed by atoms with Gasteiger partial charge < -0.3 is 5.32 Å². The molecule has 3 rings (SSSR count). The highest BCUT2D eigenvalue weighted by Gasteiger charge is 2.30. The fourth-order valence-electron chi connectivity index (χ4n) is 3.71. The lowest BCUT2D eigenvalue weighted by molar-refractivity contribution is -0.137. The molecule has 168 valence electrons. The topological polar surface area (TPSA) is 24.1 Å². The summed E-state index contributed by atoms with van der Waals surface area (Å²) in [6.07, 6.45) is -2.94. The normalized spacial score (nSPS) is 13.4. The molecular formula is C27H29F3N2. The summed E-state index contributed by atoms with van der Waals surface area (Å²) in [4.78, 5) is 0. The Morgan fingerprint density at radius 2 is 1.50 bits per heavy atom. The van der Waals surface area contributed by atoms with Gasteiger partial charge in [0.15, 0.2) is 0 Å². The van der Waals surface area contributed by atoms with Gasteiger partial charge >= 0.3 is 6.18 Å². The van der Waals surface area contributed by atoms with Crippen LogP contribution in [-0.2, 0) is 12.6 Å². The number of aryl methyl sites for hydroxylation is 2.